The summed E-state index contributed by atoms with van der Waals surface area (Å²) >= 11 is 6.08. The lowest BCUT2D eigenvalue weighted by atomic mass is 10.1. The highest BCUT2D eigenvalue weighted by atomic mass is 35.5. The van der Waals surface area contributed by atoms with Gasteiger partial charge in [-0.2, -0.15) is 5.10 Å². The SMILES string of the molecule is CCc1nn(-c2ccccc2)c(Oc2ccc(F)cc2)c1CN(C[C@H]1CCCO1)C(=O)c1ccc(Cl)cc1. The zero-order valence-corrected chi connectivity index (χ0v) is 21.9. The standard InChI is InChI=1S/C30H29ClFN3O3/c1-2-28-27(20-34(19-26-9-6-18-37-26)29(36)21-10-12-22(31)13-11-21)30(38-25-16-14-23(32)15-17-25)35(33-28)24-7-4-3-5-8-24/h3-5,7-8,10-17,26H,2,6,9,18-20H2,1H3/t26-/m1/s1. The Bertz CT molecular complexity index is 1370. The third-order valence-electron chi connectivity index (χ3n) is 6.56. The van der Waals surface area contributed by atoms with Crippen LogP contribution in [0.25, 0.3) is 5.69 Å². The van der Waals surface area contributed by atoms with Gasteiger partial charge in [0.25, 0.3) is 5.91 Å². The van der Waals surface area contributed by atoms with Crippen molar-refractivity contribution in [1.82, 2.24) is 14.7 Å². The van der Waals surface area contributed by atoms with Crippen LogP contribution in [-0.2, 0) is 17.7 Å². The summed E-state index contributed by atoms with van der Waals surface area (Å²) in [4.78, 5) is 15.5. The van der Waals surface area contributed by atoms with E-state index >= 15 is 0 Å². The number of halogens is 2. The van der Waals surface area contributed by atoms with E-state index in [1.807, 2.05) is 37.3 Å². The number of hydrogen-bond acceptors (Lipinski definition) is 4. The molecule has 8 heteroatoms. The number of carbonyl (C=O) groups excluding carboxylic acids is 1. The average molecular weight is 534 g/mol. The van der Waals surface area contributed by atoms with Crippen LogP contribution in [0.15, 0.2) is 78.9 Å². The van der Waals surface area contributed by atoms with Gasteiger partial charge in [0, 0.05) is 23.7 Å². The Morgan fingerprint density at radius 3 is 2.50 bits per heavy atom. The molecule has 0 aliphatic carbocycles. The lowest BCUT2D eigenvalue weighted by Gasteiger charge is -2.26. The fraction of sp³-hybridized carbons (Fsp3) is 0.267. The van der Waals surface area contributed by atoms with E-state index in [0.717, 1.165) is 29.8 Å². The molecule has 196 valence electrons. The fourth-order valence-electron chi connectivity index (χ4n) is 4.60. The molecule has 1 aliphatic heterocycles. The normalized spacial score (nSPS) is 15.0. The number of amides is 1. The molecule has 0 N–H and O–H groups in total. The summed E-state index contributed by atoms with van der Waals surface area (Å²) in [6.07, 6.45) is 2.46. The van der Waals surface area contributed by atoms with Crippen LogP contribution in [0.3, 0.4) is 0 Å². The first-order valence-electron chi connectivity index (χ1n) is 12.8. The lowest BCUT2D eigenvalue weighted by Crippen LogP contribution is -2.37. The summed E-state index contributed by atoms with van der Waals surface area (Å²) < 4.78 is 27.6. The highest BCUT2D eigenvalue weighted by Gasteiger charge is 2.28. The summed E-state index contributed by atoms with van der Waals surface area (Å²) in [7, 11) is 0. The highest BCUT2D eigenvalue weighted by Crippen LogP contribution is 2.33. The molecule has 3 aromatic carbocycles. The van der Waals surface area contributed by atoms with Gasteiger partial charge < -0.3 is 14.4 Å². The number of aromatic nitrogens is 2. The quantitative estimate of drug-likeness (QED) is 0.236. The molecule has 0 bridgehead atoms. The molecular formula is C30H29ClFN3O3. The lowest BCUT2D eigenvalue weighted by molar-refractivity contribution is 0.0505. The van der Waals surface area contributed by atoms with E-state index < -0.39 is 0 Å². The first-order chi connectivity index (χ1) is 18.5. The zero-order valence-electron chi connectivity index (χ0n) is 21.1. The largest absolute Gasteiger partial charge is 0.439 e. The number of ether oxygens (including phenoxy) is 2. The van der Waals surface area contributed by atoms with Gasteiger partial charge in [-0.25, -0.2) is 9.07 Å². The maximum Gasteiger partial charge on any atom is 0.254 e. The van der Waals surface area contributed by atoms with Crippen molar-refractivity contribution >= 4 is 17.5 Å². The Kier molecular flexibility index (Phi) is 8.05. The van der Waals surface area contributed by atoms with Crippen LogP contribution in [0.4, 0.5) is 4.39 Å². The second-order valence-corrected chi connectivity index (χ2v) is 9.65. The van der Waals surface area contributed by atoms with Crippen molar-refractivity contribution in [3.05, 3.63) is 107 Å². The van der Waals surface area contributed by atoms with Gasteiger partial charge >= 0.3 is 0 Å². The number of hydrogen-bond donors (Lipinski definition) is 0. The molecule has 0 spiro atoms. The number of para-hydroxylation sites is 1. The average Bonchev–Trinajstić information content (AvgIpc) is 3.58. The van der Waals surface area contributed by atoms with Crippen molar-refractivity contribution in [3.63, 3.8) is 0 Å². The van der Waals surface area contributed by atoms with Crippen LogP contribution < -0.4 is 4.74 Å². The Hall–Kier alpha value is -3.68. The molecule has 0 radical (unpaired) electrons. The van der Waals surface area contributed by atoms with Crippen molar-refractivity contribution in [1.29, 1.82) is 0 Å². The molecule has 1 saturated heterocycles. The van der Waals surface area contributed by atoms with Crippen LogP contribution >= 0.6 is 11.6 Å². The van der Waals surface area contributed by atoms with E-state index in [9.17, 15) is 9.18 Å². The maximum atomic E-state index is 13.7. The maximum absolute atomic E-state index is 13.7. The molecule has 5 rings (SSSR count). The molecule has 6 nitrogen and oxygen atoms in total. The monoisotopic (exact) mass is 533 g/mol. The van der Waals surface area contributed by atoms with E-state index in [2.05, 4.69) is 0 Å². The summed E-state index contributed by atoms with van der Waals surface area (Å²) in [5.41, 5.74) is 2.97. The smallest absolute Gasteiger partial charge is 0.254 e. The molecular weight excluding hydrogens is 505 g/mol. The minimum Gasteiger partial charge on any atom is -0.439 e. The van der Waals surface area contributed by atoms with Crippen LogP contribution in [0.5, 0.6) is 11.6 Å². The minimum absolute atomic E-state index is 0.0399. The second-order valence-electron chi connectivity index (χ2n) is 9.21. The molecule has 1 fully saturated rings. The van der Waals surface area contributed by atoms with Crippen molar-refractivity contribution < 1.29 is 18.7 Å². The van der Waals surface area contributed by atoms with Crippen LogP contribution in [0, 0.1) is 5.82 Å². The van der Waals surface area contributed by atoms with Crippen LogP contribution in [-0.4, -0.2) is 39.8 Å². The van der Waals surface area contributed by atoms with E-state index in [-0.39, 0.29) is 24.4 Å². The molecule has 1 aliphatic rings. The number of benzene rings is 3. The van der Waals surface area contributed by atoms with Crippen molar-refractivity contribution in [3.8, 4) is 17.3 Å². The van der Waals surface area contributed by atoms with Gasteiger partial charge in [0.15, 0.2) is 0 Å². The second kappa shape index (κ2) is 11.8. The van der Waals surface area contributed by atoms with Gasteiger partial charge in [-0.05, 0) is 79.9 Å². The highest BCUT2D eigenvalue weighted by molar-refractivity contribution is 6.30. The van der Waals surface area contributed by atoms with Gasteiger partial charge in [-0.1, -0.05) is 36.7 Å². The van der Waals surface area contributed by atoms with E-state index in [1.54, 1.807) is 46.0 Å². The molecule has 38 heavy (non-hydrogen) atoms. The molecule has 1 amide bonds. The van der Waals surface area contributed by atoms with Crippen molar-refractivity contribution in [2.45, 2.75) is 38.8 Å². The summed E-state index contributed by atoms with van der Waals surface area (Å²) in [5, 5.41) is 5.44. The number of aryl methyl sites for hydroxylation is 1. The predicted molar refractivity (Wildman–Crippen MR) is 145 cm³/mol. The molecule has 1 atom stereocenters. The van der Waals surface area contributed by atoms with Crippen molar-refractivity contribution in [2.75, 3.05) is 13.2 Å². The van der Waals surface area contributed by atoms with Gasteiger partial charge in [-0.15, -0.1) is 0 Å². The predicted octanol–water partition coefficient (Wildman–Crippen LogP) is 6.84. The van der Waals surface area contributed by atoms with Gasteiger partial charge in [-0.3, -0.25) is 4.79 Å². The number of nitrogens with zero attached hydrogens (tertiary/aromatic N) is 3. The van der Waals surface area contributed by atoms with Gasteiger partial charge in [0.05, 0.1) is 29.6 Å². The van der Waals surface area contributed by atoms with Gasteiger partial charge in [0.1, 0.15) is 11.6 Å². The van der Waals surface area contributed by atoms with Crippen molar-refractivity contribution in [2.24, 2.45) is 0 Å². The Labute approximate surface area is 226 Å². The Morgan fingerprint density at radius 1 is 1.11 bits per heavy atom. The molecule has 0 unspecified atom stereocenters. The Morgan fingerprint density at radius 2 is 1.84 bits per heavy atom. The number of carbonyl (C=O) groups is 1. The molecule has 0 saturated carbocycles. The third kappa shape index (κ3) is 5.90. The third-order valence-corrected chi connectivity index (χ3v) is 6.81. The minimum atomic E-state index is -0.348. The first kappa shape index (κ1) is 25.9. The van der Waals surface area contributed by atoms with Crippen LogP contribution in [0.2, 0.25) is 5.02 Å². The molecule has 4 aromatic rings. The summed E-state index contributed by atoms with van der Waals surface area (Å²) in [6.45, 7) is 3.43. The molecule has 1 aromatic heterocycles. The van der Waals surface area contributed by atoms with Crippen LogP contribution in [0.1, 0.15) is 41.4 Å². The number of rotatable bonds is 9. The van der Waals surface area contributed by atoms with E-state index in [4.69, 9.17) is 26.2 Å². The Balaban J connectivity index is 1.56. The zero-order chi connectivity index (χ0) is 26.5. The summed E-state index contributed by atoms with van der Waals surface area (Å²) in [5.74, 6) is 0.488. The molecule has 2 heterocycles. The topological polar surface area (TPSA) is 56.6 Å². The van der Waals surface area contributed by atoms with E-state index in [1.165, 1.54) is 12.1 Å². The fourth-order valence-corrected chi connectivity index (χ4v) is 4.73. The summed E-state index contributed by atoms with van der Waals surface area (Å²) in [6, 6.07) is 22.4. The van der Waals surface area contributed by atoms with Gasteiger partial charge in [0.2, 0.25) is 5.88 Å². The van der Waals surface area contributed by atoms with E-state index in [0.29, 0.717) is 41.8 Å². The first-order valence-corrected chi connectivity index (χ1v) is 13.2.